The number of imidazole rings is 1. The van der Waals surface area contributed by atoms with E-state index in [4.69, 9.17) is 9.72 Å². The highest BCUT2D eigenvalue weighted by atomic mass is 16.5. The number of rotatable bonds is 8. The van der Waals surface area contributed by atoms with Gasteiger partial charge < -0.3 is 19.5 Å². The van der Waals surface area contributed by atoms with E-state index in [0.29, 0.717) is 13.0 Å². The normalized spacial score (nSPS) is 13.5. The highest BCUT2D eigenvalue weighted by Gasteiger charge is 2.20. The fourth-order valence-corrected chi connectivity index (χ4v) is 4.07. The number of para-hydroxylation sites is 2. The summed E-state index contributed by atoms with van der Waals surface area (Å²) in [6, 6.07) is 13.8. The van der Waals surface area contributed by atoms with Gasteiger partial charge in [-0.1, -0.05) is 24.3 Å². The first-order chi connectivity index (χ1) is 15.5. The summed E-state index contributed by atoms with van der Waals surface area (Å²) >= 11 is 0. The lowest BCUT2D eigenvalue weighted by atomic mass is 10.1. The van der Waals surface area contributed by atoms with Crippen LogP contribution in [-0.2, 0) is 22.6 Å². The highest BCUT2D eigenvalue weighted by molar-refractivity contribution is 5.81. The number of hydrogen-bond acceptors (Lipinski definition) is 4. The van der Waals surface area contributed by atoms with E-state index in [2.05, 4.69) is 5.32 Å². The molecule has 0 saturated carbocycles. The average molecular weight is 435 g/mol. The molecule has 1 aliphatic rings. The SMILES string of the molecule is Cc1ccc(C)c(OCC(=O)NCCc2nc3ccccc3n2CC(=O)N2CCCC2)c1. The zero-order valence-corrected chi connectivity index (χ0v) is 18.8. The Balaban J connectivity index is 1.36. The van der Waals surface area contributed by atoms with Crippen LogP contribution in [0.1, 0.15) is 29.8 Å². The standard InChI is InChI=1S/C25H30N4O3/c1-18-9-10-19(2)22(15-18)32-17-24(30)26-12-11-23-27-20-7-3-4-8-21(20)29(23)16-25(31)28-13-5-6-14-28/h3-4,7-10,15H,5-6,11-14,16-17H2,1-2H3,(H,26,30). The third kappa shape index (κ3) is 5.10. The van der Waals surface area contributed by atoms with E-state index in [9.17, 15) is 9.59 Å². The van der Waals surface area contributed by atoms with Crippen LogP contribution >= 0.6 is 0 Å². The summed E-state index contributed by atoms with van der Waals surface area (Å²) in [6.45, 7) is 6.28. The van der Waals surface area contributed by atoms with Crippen molar-refractivity contribution >= 4 is 22.8 Å². The number of aryl methyl sites for hydroxylation is 2. The Kier molecular flexibility index (Phi) is 6.73. The third-order valence-corrected chi connectivity index (χ3v) is 5.86. The molecule has 0 atom stereocenters. The Bertz CT molecular complexity index is 1120. The van der Waals surface area contributed by atoms with Crippen molar-refractivity contribution in [2.75, 3.05) is 26.2 Å². The summed E-state index contributed by atoms with van der Waals surface area (Å²) in [5, 5.41) is 2.90. The van der Waals surface area contributed by atoms with Gasteiger partial charge in [0, 0.05) is 26.1 Å². The smallest absolute Gasteiger partial charge is 0.257 e. The molecule has 1 saturated heterocycles. The topological polar surface area (TPSA) is 76.5 Å². The van der Waals surface area contributed by atoms with E-state index in [1.54, 1.807) is 0 Å². The van der Waals surface area contributed by atoms with Crippen LogP contribution in [0.2, 0.25) is 0 Å². The van der Waals surface area contributed by atoms with Gasteiger partial charge in [-0.05, 0) is 56.0 Å². The molecule has 2 amide bonds. The number of carbonyl (C=O) groups excluding carboxylic acids is 2. The Morgan fingerprint density at radius 2 is 1.88 bits per heavy atom. The molecule has 1 N–H and O–H groups in total. The highest BCUT2D eigenvalue weighted by Crippen LogP contribution is 2.19. The molecule has 32 heavy (non-hydrogen) atoms. The lowest BCUT2D eigenvalue weighted by Crippen LogP contribution is -2.33. The number of fused-ring (bicyclic) bond motifs is 1. The number of aromatic nitrogens is 2. The molecular formula is C25H30N4O3. The molecule has 7 heteroatoms. The molecule has 0 unspecified atom stereocenters. The molecule has 0 bridgehead atoms. The van der Waals surface area contributed by atoms with Crippen molar-refractivity contribution in [3.63, 3.8) is 0 Å². The molecule has 1 aromatic heterocycles. The molecule has 2 aromatic carbocycles. The van der Waals surface area contributed by atoms with E-state index in [0.717, 1.165) is 59.7 Å². The van der Waals surface area contributed by atoms with Crippen LogP contribution in [0.5, 0.6) is 5.75 Å². The Morgan fingerprint density at radius 1 is 1.09 bits per heavy atom. The molecule has 0 aliphatic carbocycles. The number of amides is 2. The second-order valence-electron chi connectivity index (χ2n) is 8.35. The number of benzene rings is 2. The minimum absolute atomic E-state index is 0.0336. The summed E-state index contributed by atoms with van der Waals surface area (Å²) in [4.78, 5) is 31.7. The molecule has 7 nitrogen and oxygen atoms in total. The first kappa shape index (κ1) is 21.9. The van der Waals surface area contributed by atoms with Gasteiger partial charge in [-0.3, -0.25) is 9.59 Å². The largest absolute Gasteiger partial charge is 0.483 e. The van der Waals surface area contributed by atoms with Crippen molar-refractivity contribution in [1.82, 2.24) is 19.8 Å². The number of ether oxygens (including phenoxy) is 1. The van der Waals surface area contributed by atoms with E-state index in [1.807, 2.05) is 65.8 Å². The predicted molar refractivity (Wildman–Crippen MR) is 124 cm³/mol. The molecule has 0 spiro atoms. The molecule has 3 aromatic rings. The van der Waals surface area contributed by atoms with Gasteiger partial charge in [-0.25, -0.2) is 4.98 Å². The summed E-state index contributed by atoms with van der Waals surface area (Å²) in [6.07, 6.45) is 2.68. The molecule has 0 radical (unpaired) electrons. The number of hydrogen-bond donors (Lipinski definition) is 1. The summed E-state index contributed by atoms with van der Waals surface area (Å²) in [7, 11) is 0. The van der Waals surface area contributed by atoms with Gasteiger partial charge in [0.15, 0.2) is 6.61 Å². The van der Waals surface area contributed by atoms with Crippen LogP contribution in [0.4, 0.5) is 0 Å². The maximum absolute atomic E-state index is 12.8. The van der Waals surface area contributed by atoms with Gasteiger partial charge in [0.05, 0.1) is 11.0 Å². The van der Waals surface area contributed by atoms with Gasteiger partial charge >= 0.3 is 0 Å². The van der Waals surface area contributed by atoms with Crippen molar-refractivity contribution in [2.45, 2.75) is 39.7 Å². The Labute approximate surface area is 188 Å². The van der Waals surface area contributed by atoms with Crippen molar-refractivity contribution in [2.24, 2.45) is 0 Å². The van der Waals surface area contributed by atoms with Crippen LogP contribution < -0.4 is 10.1 Å². The Hall–Kier alpha value is -3.35. The number of nitrogens with one attached hydrogen (secondary N) is 1. The van der Waals surface area contributed by atoms with Crippen molar-refractivity contribution in [3.05, 3.63) is 59.4 Å². The lowest BCUT2D eigenvalue weighted by Gasteiger charge is -2.17. The molecule has 1 fully saturated rings. The van der Waals surface area contributed by atoms with Gasteiger partial charge in [0.2, 0.25) is 5.91 Å². The fraction of sp³-hybridized carbons (Fsp3) is 0.400. The van der Waals surface area contributed by atoms with Crippen LogP contribution in [0.25, 0.3) is 11.0 Å². The number of carbonyl (C=O) groups is 2. The molecule has 2 heterocycles. The van der Waals surface area contributed by atoms with Crippen LogP contribution in [0.15, 0.2) is 42.5 Å². The van der Waals surface area contributed by atoms with Crippen molar-refractivity contribution in [3.8, 4) is 5.75 Å². The lowest BCUT2D eigenvalue weighted by molar-refractivity contribution is -0.130. The van der Waals surface area contributed by atoms with Crippen molar-refractivity contribution < 1.29 is 14.3 Å². The van der Waals surface area contributed by atoms with Gasteiger partial charge in [0.25, 0.3) is 5.91 Å². The van der Waals surface area contributed by atoms with Crippen LogP contribution in [-0.4, -0.2) is 52.5 Å². The predicted octanol–water partition coefficient (Wildman–Crippen LogP) is 3.01. The Morgan fingerprint density at radius 3 is 2.69 bits per heavy atom. The zero-order valence-electron chi connectivity index (χ0n) is 18.8. The first-order valence-corrected chi connectivity index (χ1v) is 11.2. The average Bonchev–Trinajstić information content (AvgIpc) is 3.43. The van der Waals surface area contributed by atoms with E-state index < -0.39 is 0 Å². The molecule has 4 rings (SSSR count). The fourth-order valence-electron chi connectivity index (χ4n) is 4.07. The monoisotopic (exact) mass is 434 g/mol. The first-order valence-electron chi connectivity index (χ1n) is 11.2. The minimum Gasteiger partial charge on any atom is -0.483 e. The van der Waals surface area contributed by atoms with E-state index in [1.165, 1.54) is 0 Å². The van der Waals surface area contributed by atoms with Crippen molar-refractivity contribution in [1.29, 1.82) is 0 Å². The second kappa shape index (κ2) is 9.85. The quantitative estimate of drug-likeness (QED) is 0.591. The summed E-state index contributed by atoms with van der Waals surface area (Å²) in [5.41, 5.74) is 3.90. The zero-order chi connectivity index (χ0) is 22.5. The number of nitrogens with zero attached hydrogens (tertiary/aromatic N) is 3. The number of likely N-dealkylation sites (tertiary alicyclic amines) is 1. The maximum atomic E-state index is 12.8. The van der Waals surface area contributed by atoms with E-state index in [-0.39, 0.29) is 25.0 Å². The van der Waals surface area contributed by atoms with Gasteiger partial charge in [0.1, 0.15) is 18.1 Å². The van der Waals surface area contributed by atoms with E-state index >= 15 is 0 Å². The molecular weight excluding hydrogens is 404 g/mol. The third-order valence-electron chi connectivity index (χ3n) is 5.86. The van der Waals surface area contributed by atoms with Gasteiger partial charge in [-0.2, -0.15) is 0 Å². The minimum atomic E-state index is -0.179. The molecule has 168 valence electrons. The second-order valence-corrected chi connectivity index (χ2v) is 8.35. The van der Waals surface area contributed by atoms with Crippen LogP contribution in [0.3, 0.4) is 0 Å². The summed E-state index contributed by atoms with van der Waals surface area (Å²) in [5.74, 6) is 1.47. The molecule has 1 aliphatic heterocycles. The van der Waals surface area contributed by atoms with Gasteiger partial charge in [-0.15, -0.1) is 0 Å². The van der Waals surface area contributed by atoms with Crippen LogP contribution in [0, 0.1) is 13.8 Å². The maximum Gasteiger partial charge on any atom is 0.257 e. The summed E-state index contributed by atoms with van der Waals surface area (Å²) < 4.78 is 7.66.